The molecule has 1 N–H and O–H groups in total. The monoisotopic (exact) mass is 311 g/mol. The summed E-state index contributed by atoms with van der Waals surface area (Å²) in [6.45, 7) is 1.77. The smallest absolute Gasteiger partial charge is 0.309 e. The molecule has 0 aromatic heterocycles. The number of carbonyl (C=O) groups is 2. The van der Waals surface area contributed by atoms with Crippen LogP contribution in [0.15, 0.2) is 28.7 Å². The summed E-state index contributed by atoms with van der Waals surface area (Å²) >= 11 is 3.31. The van der Waals surface area contributed by atoms with Gasteiger partial charge in [-0.05, 0) is 30.5 Å². The van der Waals surface area contributed by atoms with E-state index < -0.39 is 0 Å². The van der Waals surface area contributed by atoms with Gasteiger partial charge in [-0.15, -0.1) is 0 Å². The molecule has 1 aromatic rings. The largest absolute Gasteiger partial charge is 0.455 e. The van der Waals surface area contributed by atoms with Crippen LogP contribution in [0.4, 0.5) is 5.69 Å². The maximum atomic E-state index is 11.5. The van der Waals surface area contributed by atoms with Gasteiger partial charge in [0.15, 0.2) is 6.61 Å². The van der Waals surface area contributed by atoms with Gasteiger partial charge >= 0.3 is 5.97 Å². The summed E-state index contributed by atoms with van der Waals surface area (Å²) in [5.41, 5.74) is 0.671. The first-order chi connectivity index (χ1) is 8.56. The van der Waals surface area contributed by atoms with Gasteiger partial charge in [0.05, 0.1) is 5.92 Å². The van der Waals surface area contributed by atoms with Crippen LogP contribution in [-0.2, 0) is 14.3 Å². The number of anilines is 1. The molecule has 1 saturated carbocycles. The molecular formula is C13H14BrNO3. The van der Waals surface area contributed by atoms with Gasteiger partial charge in [0, 0.05) is 10.2 Å². The third kappa shape index (κ3) is 3.57. The summed E-state index contributed by atoms with van der Waals surface area (Å²) < 4.78 is 5.82. The van der Waals surface area contributed by atoms with Crippen LogP contribution in [0.25, 0.3) is 0 Å². The van der Waals surface area contributed by atoms with Gasteiger partial charge in [-0.1, -0.05) is 28.9 Å². The van der Waals surface area contributed by atoms with Gasteiger partial charge in [-0.25, -0.2) is 0 Å². The zero-order valence-electron chi connectivity index (χ0n) is 9.98. The highest BCUT2D eigenvalue weighted by Crippen LogP contribution is 2.38. The van der Waals surface area contributed by atoms with Crippen molar-refractivity contribution >= 4 is 33.5 Å². The van der Waals surface area contributed by atoms with E-state index in [0.29, 0.717) is 11.6 Å². The summed E-state index contributed by atoms with van der Waals surface area (Å²) in [6.07, 6.45) is 0.867. The molecule has 0 bridgehead atoms. The third-order valence-electron chi connectivity index (χ3n) is 2.87. The Labute approximate surface area is 114 Å². The summed E-state index contributed by atoms with van der Waals surface area (Å²) in [5, 5.41) is 2.66. The lowest BCUT2D eigenvalue weighted by atomic mass is 10.3. The predicted molar refractivity (Wildman–Crippen MR) is 71.0 cm³/mol. The van der Waals surface area contributed by atoms with Crippen molar-refractivity contribution in [1.29, 1.82) is 0 Å². The number of hydrogen-bond acceptors (Lipinski definition) is 3. The lowest BCUT2D eigenvalue weighted by Gasteiger charge is -2.06. The molecule has 1 aromatic carbocycles. The Morgan fingerprint density at radius 2 is 2.22 bits per heavy atom. The molecule has 0 unspecified atom stereocenters. The second-order valence-electron chi connectivity index (χ2n) is 4.49. The molecule has 0 aliphatic heterocycles. The second kappa shape index (κ2) is 5.52. The van der Waals surface area contributed by atoms with Gasteiger partial charge in [0.1, 0.15) is 0 Å². The Morgan fingerprint density at radius 1 is 1.50 bits per heavy atom. The number of ether oxygens (including phenoxy) is 1. The molecule has 1 aliphatic rings. The van der Waals surface area contributed by atoms with E-state index in [1.807, 2.05) is 19.1 Å². The molecule has 0 heterocycles. The maximum Gasteiger partial charge on any atom is 0.309 e. The van der Waals surface area contributed by atoms with Gasteiger partial charge < -0.3 is 10.1 Å². The molecule has 96 valence electrons. The molecule has 1 amide bonds. The molecule has 2 rings (SSSR count). The number of carbonyl (C=O) groups excluding carboxylic acids is 2. The van der Waals surface area contributed by atoms with Gasteiger partial charge in [-0.3, -0.25) is 9.59 Å². The lowest BCUT2D eigenvalue weighted by Crippen LogP contribution is -2.21. The molecule has 0 saturated heterocycles. The molecular weight excluding hydrogens is 298 g/mol. The van der Waals surface area contributed by atoms with Crippen molar-refractivity contribution < 1.29 is 14.3 Å². The Balaban J connectivity index is 1.77. The minimum Gasteiger partial charge on any atom is -0.455 e. The first kappa shape index (κ1) is 13.1. The fourth-order valence-electron chi connectivity index (χ4n) is 1.66. The van der Waals surface area contributed by atoms with E-state index >= 15 is 0 Å². The molecule has 1 fully saturated rings. The van der Waals surface area contributed by atoms with Crippen LogP contribution < -0.4 is 5.32 Å². The minimum absolute atomic E-state index is 0.0105. The maximum absolute atomic E-state index is 11.5. The number of benzene rings is 1. The number of nitrogens with one attached hydrogen (secondary N) is 1. The van der Waals surface area contributed by atoms with E-state index in [9.17, 15) is 9.59 Å². The number of hydrogen-bond donors (Lipinski definition) is 1. The Bertz CT molecular complexity index is 475. The van der Waals surface area contributed by atoms with Crippen molar-refractivity contribution in [2.75, 3.05) is 11.9 Å². The quantitative estimate of drug-likeness (QED) is 0.870. The van der Waals surface area contributed by atoms with Crippen molar-refractivity contribution in [3.63, 3.8) is 0 Å². The zero-order valence-corrected chi connectivity index (χ0v) is 11.6. The Kier molecular flexibility index (Phi) is 4.01. The summed E-state index contributed by atoms with van der Waals surface area (Å²) in [6, 6.07) is 7.23. The molecule has 5 heteroatoms. The van der Waals surface area contributed by atoms with Crippen LogP contribution in [0, 0.1) is 11.8 Å². The molecule has 0 spiro atoms. The summed E-state index contributed by atoms with van der Waals surface area (Å²) in [7, 11) is 0. The van der Waals surface area contributed by atoms with E-state index in [4.69, 9.17) is 4.74 Å². The first-order valence-corrected chi connectivity index (χ1v) is 6.57. The lowest BCUT2D eigenvalue weighted by molar-refractivity contribution is -0.148. The van der Waals surface area contributed by atoms with Crippen LogP contribution >= 0.6 is 15.9 Å². The highest BCUT2D eigenvalue weighted by atomic mass is 79.9. The van der Waals surface area contributed by atoms with E-state index in [0.717, 1.165) is 10.9 Å². The average Bonchev–Trinajstić information content (AvgIpc) is 3.03. The fourth-order valence-corrected chi connectivity index (χ4v) is 2.06. The Hall–Kier alpha value is -1.36. The van der Waals surface area contributed by atoms with E-state index in [-0.39, 0.29) is 24.4 Å². The molecule has 4 nitrogen and oxygen atoms in total. The van der Waals surface area contributed by atoms with Crippen LogP contribution in [0.3, 0.4) is 0 Å². The van der Waals surface area contributed by atoms with E-state index in [1.54, 1.807) is 12.1 Å². The van der Waals surface area contributed by atoms with Crippen LogP contribution in [-0.4, -0.2) is 18.5 Å². The minimum atomic E-state index is -0.324. The highest BCUT2D eigenvalue weighted by molar-refractivity contribution is 9.10. The van der Waals surface area contributed by atoms with Crippen LogP contribution in [0.1, 0.15) is 13.3 Å². The normalized spacial score (nSPS) is 21.2. The predicted octanol–water partition coefficient (Wildman–Crippen LogP) is 2.59. The number of halogens is 1. The number of esters is 1. The highest BCUT2D eigenvalue weighted by Gasteiger charge is 2.40. The van der Waals surface area contributed by atoms with Crippen molar-refractivity contribution in [3.8, 4) is 0 Å². The summed E-state index contributed by atoms with van der Waals surface area (Å²) in [5.74, 6) is -0.212. The summed E-state index contributed by atoms with van der Waals surface area (Å²) in [4.78, 5) is 23.0. The Morgan fingerprint density at radius 3 is 2.83 bits per heavy atom. The van der Waals surface area contributed by atoms with Gasteiger partial charge in [0.25, 0.3) is 5.91 Å². The van der Waals surface area contributed by atoms with Gasteiger partial charge in [0.2, 0.25) is 0 Å². The van der Waals surface area contributed by atoms with Crippen molar-refractivity contribution in [1.82, 2.24) is 0 Å². The first-order valence-electron chi connectivity index (χ1n) is 5.78. The van der Waals surface area contributed by atoms with Crippen molar-refractivity contribution in [2.24, 2.45) is 11.8 Å². The average molecular weight is 312 g/mol. The second-order valence-corrected chi connectivity index (χ2v) is 5.40. The van der Waals surface area contributed by atoms with Crippen molar-refractivity contribution in [3.05, 3.63) is 28.7 Å². The van der Waals surface area contributed by atoms with Crippen LogP contribution in [0.5, 0.6) is 0 Å². The third-order valence-corrected chi connectivity index (χ3v) is 3.36. The van der Waals surface area contributed by atoms with E-state index in [2.05, 4.69) is 21.2 Å². The molecule has 18 heavy (non-hydrogen) atoms. The van der Waals surface area contributed by atoms with E-state index in [1.165, 1.54) is 0 Å². The van der Waals surface area contributed by atoms with Gasteiger partial charge in [-0.2, -0.15) is 0 Å². The molecule has 2 atom stereocenters. The zero-order chi connectivity index (χ0) is 13.1. The SMILES string of the molecule is C[C@@H]1C[C@H]1C(=O)OCC(=O)Nc1cccc(Br)c1. The fraction of sp³-hybridized carbons (Fsp3) is 0.385. The molecule has 0 radical (unpaired) electrons. The number of rotatable bonds is 4. The van der Waals surface area contributed by atoms with Crippen molar-refractivity contribution in [2.45, 2.75) is 13.3 Å². The standard InChI is InChI=1S/C13H14BrNO3/c1-8-5-11(8)13(17)18-7-12(16)15-10-4-2-3-9(14)6-10/h2-4,6,8,11H,5,7H2,1H3,(H,15,16)/t8-,11-/m1/s1. The topological polar surface area (TPSA) is 55.4 Å². The van der Waals surface area contributed by atoms with Crippen LogP contribution in [0.2, 0.25) is 0 Å². The molecule has 1 aliphatic carbocycles. The number of amides is 1.